The van der Waals surface area contributed by atoms with Crippen molar-refractivity contribution in [2.24, 2.45) is 5.92 Å². The average Bonchev–Trinajstić information content (AvgIpc) is 3.35. The summed E-state index contributed by atoms with van der Waals surface area (Å²) < 4.78 is 32.1. The SMILES string of the molecule is CNCc1ccccc1C1CCC(Cc2cccc(O[C@H]3C[C@@H](C(=O)OC)N(C(=O)OC(C)(C)C)C3)c2F)CC1. The second kappa shape index (κ2) is 13.0. The number of nitrogens with one attached hydrogen (secondary N) is 1. The van der Waals surface area contributed by atoms with Crippen LogP contribution in [-0.2, 0) is 27.2 Å². The van der Waals surface area contributed by atoms with Gasteiger partial charge in [0.15, 0.2) is 11.6 Å². The molecule has 4 rings (SSSR count). The summed E-state index contributed by atoms with van der Waals surface area (Å²) in [6, 6.07) is 13.1. The van der Waals surface area contributed by atoms with E-state index in [9.17, 15) is 9.59 Å². The van der Waals surface area contributed by atoms with Crippen molar-refractivity contribution >= 4 is 12.1 Å². The van der Waals surface area contributed by atoms with Crippen LogP contribution in [-0.4, -0.2) is 55.4 Å². The van der Waals surface area contributed by atoms with E-state index in [2.05, 4.69) is 29.6 Å². The molecule has 40 heavy (non-hydrogen) atoms. The third-order valence-corrected chi connectivity index (χ3v) is 7.92. The molecular weight excluding hydrogens is 511 g/mol. The van der Waals surface area contributed by atoms with Gasteiger partial charge in [0.25, 0.3) is 0 Å². The van der Waals surface area contributed by atoms with E-state index in [0.717, 1.165) is 32.2 Å². The van der Waals surface area contributed by atoms with E-state index in [1.807, 2.05) is 19.2 Å². The van der Waals surface area contributed by atoms with Gasteiger partial charge in [0.1, 0.15) is 17.7 Å². The molecule has 0 radical (unpaired) electrons. The van der Waals surface area contributed by atoms with Crippen LogP contribution in [0.5, 0.6) is 5.75 Å². The number of nitrogens with zero attached hydrogens (tertiary/aromatic N) is 1. The van der Waals surface area contributed by atoms with Crippen LogP contribution in [0.15, 0.2) is 42.5 Å². The molecule has 2 fully saturated rings. The maximum Gasteiger partial charge on any atom is 0.411 e. The first-order valence-electron chi connectivity index (χ1n) is 14.3. The van der Waals surface area contributed by atoms with Crippen molar-refractivity contribution in [3.63, 3.8) is 0 Å². The molecular formula is C32H43FN2O5. The summed E-state index contributed by atoms with van der Waals surface area (Å²) in [4.78, 5) is 26.5. The average molecular weight is 555 g/mol. The van der Waals surface area contributed by atoms with Gasteiger partial charge >= 0.3 is 12.1 Å². The first-order valence-corrected chi connectivity index (χ1v) is 14.3. The van der Waals surface area contributed by atoms with Gasteiger partial charge < -0.3 is 19.5 Å². The monoisotopic (exact) mass is 554 g/mol. The highest BCUT2D eigenvalue weighted by molar-refractivity contribution is 5.82. The lowest BCUT2D eigenvalue weighted by molar-refractivity contribution is -0.145. The fraction of sp³-hybridized carbons (Fsp3) is 0.562. The van der Waals surface area contributed by atoms with Gasteiger partial charge in [-0.05, 0) is 94.5 Å². The summed E-state index contributed by atoms with van der Waals surface area (Å²) in [5.41, 5.74) is 2.71. The molecule has 7 nitrogen and oxygen atoms in total. The molecule has 1 amide bonds. The molecule has 0 spiro atoms. The van der Waals surface area contributed by atoms with E-state index in [-0.39, 0.29) is 24.5 Å². The molecule has 0 bridgehead atoms. The second-order valence-corrected chi connectivity index (χ2v) is 12.0. The quantitative estimate of drug-likeness (QED) is 0.404. The van der Waals surface area contributed by atoms with Crippen LogP contribution in [0.25, 0.3) is 0 Å². The molecule has 2 aliphatic rings. The lowest BCUT2D eigenvalue weighted by atomic mass is 9.75. The van der Waals surface area contributed by atoms with E-state index in [1.54, 1.807) is 26.8 Å². The highest BCUT2D eigenvalue weighted by atomic mass is 19.1. The fourth-order valence-corrected chi connectivity index (χ4v) is 6.02. The number of hydrogen-bond acceptors (Lipinski definition) is 6. The predicted octanol–water partition coefficient (Wildman–Crippen LogP) is 5.99. The van der Waals surface area contributed by atoms with Crippen molar-refractivity contribution in [1.29, 1.82) is 0 Å². The Hall–Kier alpha value is -3.13. The number of methoxy groups -OCH3 is 1. The van der Waals surface area contributed by atoms with Crippen molar-refractivity contribution in [2.45, 2.75) is 89.5 Å². The number of benzene rings is 2. The molecule has 8 heteroatoms. The maximum atomic E-state index is 15.6. The van der Waals surface area contributed by atoms with Gasteiger partial charge in [-0.25, -0.2) is 14.0 Å². The number of carbonyl (C=O) groups excluding carboxylic acids is 2. The summed E-state index contributed by atoms with van der Waals surface area (Å²) in [5, 5.41) is 3.27. The van der Waals surface area contributed by atoms with Gasteiger partial charge in [-0.1, -0.05) is 36.4 Å². The Labute approximate surface area is 237 Å². The number of amides is 1. The zero-order valence-electron chi connectivity index (χ0n) is 24.4. The minimum Gasteiger partial charge on any atom is -0.485 e. The van der Waals surface area contributed by atoms with Crippen LogP contribution in [0, 0.1) is 11.7 Å². The van der Waals surface area contributed by atoms with Gasteiger partial charge in [0.2, 0.25) is 0 Å². The lowest BCUT2D eigenvalue weighted by Crippen LogP contribution is -2.44. The largest absolute Gasteiger partial charge is 0.485 e. The number of rotatable bonds is 8. The minimum absolute atomic E-state index is 0.109. The molecule has 1 aliphatic heterocycles. The number of esters is 1. The van der Waals surface area contributed by atoms with Gasteiger partial charge in [0.05, 0.1) is 13.7 Å². The van der Waals surface area contributed by atoms with E-state index in [4.69, 9.17) is 14.2 Å². The third-order valence-electron chi connectivity index (χ3n) is 7.92. The van der Waals surface area contributed by atoms with Crippen LogP contribution in [0.1, 0.15) is 75.5 Å². The summed E-state index contributed by atoms with van der Waals surface area (Å²) in [7, 11) is 3.25. The van der Waals surface area contributed by atoms with Gasteiger partial charge in [-0.3, -0.25) is 4.90 Å². The molecule has 1 saturated heterocycles. The number of likely N-dealkylation sites (tertiary alicyclic amines) is 1. The van der Waals surface area contributed by atoms with Crippen LogP contribution < -0.4 is 10.1 Å². The molecule has 1 aliphatic carbocycles. The molecule has 2 aromatic carbocycles. The Kier molecular flexibility index (Phi) is 9.72. The van der Waals surface area contributed by atoms with E-state index in [1.165, 1.54) is 23.1 Å². The van der Waals surface area contributed by atoms with Crippen molar-refractivity contribution in [1.82, 2.24) is 10.2 Å². The number of carbonyl (C=O) groups is 2. The maximum absolute atomic E-state index is 15.6. The number of hydrogen-bond donors (Lipinski definition) is 1. The van der Waals surface area contributed by atoms with E-state index >= 15 is 4.39 Å². The molecule has 1 N–H and O–H groups in total. The first-order chi connectivity index (χ1) is 19.1. The Bertz CT molecular complexity index is 1170. The lowest BCUT2D eigenvalue weighted by Gasteiger charge is -2.30. The summed E-state index contributed by atoms with van der Waals surface area (Å²) >= 11 is 0. The topological polar surface area (TPSA) is 77.1 Å². The molecule has 0 unspecified atom stereocenters. The Morgan fingerprint density at radius 1 is 1.02 bits per heavy atom. The highest BCUT2D eigenvalue weighted by Gasteiger charge is 2.43. The summed E-state index contributed by atoms with van der Waals surface area (Å²) in [6.45, 7) is 6.26. The zero-order chi connectivity index (χ0) is 28.9. The van der Waals surface area contributed by atoms with Gasteiger partial charge in [-0.15, -0.1) is 0 Å². The standard InChI is InChI=1S/C32H43FN2O5/c1-32(2,3)40-31(37)35-20-25(18-27(35)30(36)38-5)39-28-12-8-10-23(29(28)33)17-21-13-15-22(16-14-21)26-11-7-6-9-24(26)19-34-4/h6-12,21-22,25,27,34H,13-20H2,1-5H3/t21?,22?,25-,27-/m0/s1. The highest BCUT2D eigenvalue weighted by Crippen LogP contribution is 2.39. The van der Waals surface area contributed by atoms with E-state index in [0.29, 0.717) is 23.8 Å². The first kappa shape index (κ1) is 29.8. The van der Waals surface area contributed by atoms with Crippen LogP contribution in [0.2, 0.25) is 0 Å². The van der Waals surface area contributed by atoms with Crippen molar-refractivity contribution < 1.29 is 28.2 Å². The minimum atomic E-state index is -0.843. The fourth-order valence-electron chi connectivity index (χ4n) is 6.02. The summed E-state index contributed by atoms with van der Waals surface area (Å²) in [5.74, 6) is 0.185. The van der Waals surface area contributed by atoms with Gasteiger partial charge in [-0.2, -0.15) is 0 Å². The Balaban J connectivity index is 1.38. The number of halogens is 1. The Morgan fingerprint density at radius 2 is 1.73 bits per heavy atom. The van der Waals surface area contributed by atoms with Crippen LogP contribution >= 0.6 is 0 Å². The Morgan fingerprint density at radius 3 is 2.40 bits per heavy atom. The smallest absolute Gasteiger partial charge is 0.411 e. The normalized spacial score (nSPS) is 23.1. The molecule has 1 heterocycles. The van der Waals surface area contributed by atoms with E-state index < -0.39 is 29.8 Å². The van der Waals surface area contributed by atoms with Crippen LogP contribution in [0.4, 0.5) is 9.18 Å². The zero-order valence-corrected chi connectivity index (χ0v) is 24.4. The van der Waals surface area contributed by atoms with Gasteiger partial charge in [0, 0.05) is 13.0 Å². The molecule has 2 atom stereocenters. The molecule has 2 aromatic rings. The van der Waals surface area contributed by atoms with Crippen molar-refractivity contribution in [3.8, 4) is 5.75 Å². The second-order valence-electron chi connectivity index (χ2n) is 12.0. The molecule has 0 aromatic heterocycles. The van der Waals surface area contributed by atoms with Crippen LogP contribution in [0.3, 0.4) is 0 Å². The molecule has 1 saturated carbocycles. The third kappa shape index (κ3) is 7.33. The summed E-state index contributed by atoms with van der Waals surface area (Å²) in [6.07, 6.45) is 3.99. The number of ether oxygens (including phenoxy) is 3. The predicted molar refractivity (Wildman–Crippen MR) is 152 cm³/mol. The van der Waals surface area contributed by atoms with Crippen molar-refractivity contribution in [3.05, 3.63) is 65.0 Å². The van der Waals surface area contributed by atoms with Crippen molar-refractivity contribution in [2.75, 3.05) is 20.7 Å². The molecule has 218 valence electrons.